The van der Waals surface area contributed by atoms with Crippen molar-refractivity contribution in [1.82, 2.24) is 4.72 Å². The molecule has 9 heteroatoms. The van der Waals surface area contributed by atoms with E-state index in [0.717, 1.165) is 11.6 Å². The summed E-state index contributed by atoms with van der Waals surface area (Å²) in [5.41, 5.74) is 2.19. The lowest BCUT2D eigenvalue weighted by Crippen LogP contribution is -2.20. The average molecular weight is 461 g/mol. The monoisotopic (exact) mass is 460 g/mol. The Hall–Kier alpha value is -3.17. The maximum absolute atomic E-state index is 12.1. The number of carbonyl (C=O) groups is 2. The van der Waals surface area contributed by atoms with Crippen LogP contribution in [-0.2, 0) is 29.8 Å². The molecule has 2 aromatic rings. The van der Waals surface area contributed by atoms with Crippen LogP contribution in [0.5, 0.6) is 5.75 Å². The fourth-order valence-corrected chi connectivity index (χ4v) is 3.64. The van der Waals surface area contributed by atoms with Gasteiger partial charge in [-0.1, -0.05) is 39.0 Å². The second-order valence-electron chi connectivity index (χ2n) is 7.93. The standard InChI is InChI=1S/C23H28N2O6S/c1-23(2,3)17-8-10-18(11-9-17)25-21(26)15-31-22(27)13-7-16-6-12-19(30-5)20(14-16)32(28,29)24-4/h6-14,24H,15H2,1-5H3,(H,25,26)/b13-7+. The molecular formula is C23H28N2O6S. The van der Waals surface area contributed by atoms with Crippen LogP contribution in [0, 0.1) is 0 Å². The number of ether oxygens (including phenoxy) is 2. The molecule has 0 aliphatic rings. The van der Waals surface area contributed by atoms with Gasteiger partial charge in [-0.05, 0) is 53.9 Å². The first kappa shape index (κ1) is 25.1. The molecule has 0 unspecified atom stereocenters. The number of sulfonamides is 1. The van der Waals surface area contributed by atoms with Crippen LogP contribution >= 0.6 is 0 Å². The fraction of sp³-hybridized carbons (Fsp3) is 0.304. The molecule has 1 amide bonds. The second kappa shape index (κ2) is 10.4. The van der Waals surface area contributed by atoms with Crippen molar-refractivity contribution >= 4 is 33.7 Å². The topological polar surface area (TPSA) is 111 Å². The van der Waals surface area contributed by atoms with Crippen molar-refractivity contribution < 1.29 is 27.5 Å². The van der Waals surface area contributed by atoms with Gasteiger partial charge < -0.3 is 14.8 Å². The number of amides is 1. The summed E-state index contributed by atoms with van der Waals surface area (Å²) in [6, 6.07) is 11.9. The molecule has 0 saturated carbocycles. The van der Waals surface area contributed by atoms with Crippen LogP contribution < -0.4 is 14.8 Å². The quantitative estimate of drug-likeness (QED) is 0.463. The predicted octanol–water partition coefficient (Wildman–Crippen LogP) is 3.10. The van der Waals surface area contributed by atoms with Crippen LogP contribution in [0.1, 0.15) is 31.9 Å². The van der Waals surface area contributed by atoms with Gasteiger partial charge >= 0.3 is 5.97 Å². The molecule has 0 aromatic heterocycles. The van der Waals surface area contributed by atoms with Crippen molar-refractivity contribution in [3.63, 3.8) is 0 Å². The minimum absolute atomic E-state index is 0.00624. The van der Waals surface area contributed by atoms with E-state index in [0.29, 0.717) is 11.3 Å². The zero-order valence-electron chi connectivity index (χ0n) is 18.8. The van der Waals surface area contributed by atoms with Crippen LogP contribution in [0.4, 0.5) is 5.69 Å². The molecule has 32 heavy (non-hydrogen) atoms. The van der Waals surface area contributed by atoms with Crippen molar-refractivity contribution in [2.45, 2.75) is 31.1 Å². The number of rotatable bonds is 8. The molecule has 0 heterocycles. The van der Waals surface area contributed by atoms with Crippen LogP contribution in [0.25, 0.3) is 6.08 Å². The van der Waals surface area contributed by atoms with E-state index in [-0.39, 0.29) is 16.1 Å². The van der Waals surface area contributed by atoms with Crippen molar-refractivity contribution in [1.29, 1.82) is 0 Å². The van der Waals surface area contributed by atoms with Gasteiger partial charge in [-0.2, -0.15) is 0 Å². The number of esters is 1. The third kappa shape index (κ3) is 6.93. The molecule has 0 fully saturated rings. The molecule has 2 aromatic carbocycles. The maximum Gasteiger partial charge on any atom is 0.331 e. The van der Waals surface area contributed by atoms with Gasteiger partial charge in [-0.15, -0.1) is 0 Å². The summed E-state index contributed by atoms with van der Waals surface area (Å²) in [5.74, 6) is -1.04. The van der Waals surface area contributed by atoms with Crippen LogP contribution in [0.15, 0.2) is 53.4 Å². The first-order chi connectivity index (χ1) is 15.0. The largest absolute Gasteiger partial charge is 0.495 e. The Morgan fingerprint density at radius 2 is 1.72 bits per heavy atom. The molecule has 0 spiro atoms. The number of nitrogens with one attached hydrogen (secondary N) is 2. The van der Waals surface area contributed by atoms with Gasteiger partial charge in [0.1, 0.15) is 10.6 Å². The lowest BCUT2D eigenvalue weighted by molar-refractivity contribution is -0.142. The minimum atomic E-state index is -3.74. The van der Waals surface area contributed by atoms with Gasteiger partial charge in [-0.3, -0.25) is 4.79 Å². The van der Waals surface area contributed by atoms with Crippen LogP contribution in [-0.4, -0.2) is 41.1 Å². The Labute approximate surface area is 188 Å². The number of anilines is 1. The Kier molecular flexibility index (Phi) is 8.18. The second-order valence-corrected chi connectivity index (χ2v) is 9.79. The number of carbonyl (C=O) groups excluding carboxylic acids is 2. The summed E-state index contributed by atoms with van der Waals surface area (Å²) in [6.07, 6.45) is 2.50. The molecule has 2 rings (SSSR count). The van der Waals surface area contributed by atoms with Crippen LogP contribution in [0.2, 0.25) is 0 Å². The molecule has 0 aliphatic carbocycles. The van der Waals surface area contributed by atoms with E-state index in [9.17, 15) is 18.0 Å². The normalized spacial score (nSPS) is 11.9. The van der Waals surface area contributed by atoms with Gasteiger partial charge in [-0.25, -0.2) is 17.9 Å². The molecule has 0 bridgehead atoms. The number of hydrogen-bond acceptors (Lipinski definition) is 6. The van der Waals surface area contributed by atoms with Crippen molar-refractivity contribution in [3.05, 3.63) is 59.7 Å². The van der Waals surface area contributed by atoms with E-state index >= 15 is 0 Å². The molecule has 0 atom stereocenters. The van der Waals surface area contributed by atoms with Crippen LogP contribution in [0.3, 0.4) is 0 Å². The van der Waals surface area contributed by atoms with Gasteiger partial charge in [0, 0.05) is 11.8 Å². The van der Waals surface area contributed by atoms with E-state index in [1.54, 1.807) is 18.2 Å². The van der Waals surface area contributed by atoms with Gasteiger partial charge in [0.15, 0.2) is 6.61 Å². The fourth-order valence-electron chi connectivity index (χ4n) is 2.72. The molecule has 0 radical (unpaired) electrons. The molecule has 8 nitrogen and oxygen atoms in total. The molecular weight excluding hydrogens is 432 g/mol. The highest BCUT2D eigenvalue weighted by molar-refractivity contribution is 7.89. The summed E-state index contributed by atoms with van der Waals surface area (Å²) < 4.78 is 36.5. The number of methoxy groups -OCH3 is 1. The summed E-state index contributed by atoms with van der Waals surface area (Å²) in [6.45, 7) is 5.84. The van der Waals surface area contributed by atoms with Crippen molar-refractivity contribution in [3.8, 4) is 5.75 Å². The summed E-state index contributed by atoms with van der Waals surface area (Å²) in [7, 11) is -1.09. The number of benzene rings is 2. The smallest absolute Gasteiger partial charge is 0.331 e. The molecule has 0 aliphatic heterocycles. The molecule has 2 N–H and O–H groups in total. The minimum Gasteiger partial charge on any atom is -0.495 e. The van der Waals surface area contributed by atoms with Gasteiger partial charge in [0.25, 0.3) is 5.91 Å². The molecule has 172 valence electrons. The lowest BCUT2D eigenvalue weighted by atomic mass is 9.87. The highest BCUT2D eigenvalue weighted by Gasteiger charge is 2.18. The first-order valence-electron chi connectivity index (χ1n) is 9.83. The summed E-state index contributed by atoms with van der Waals surface area (Å²) >= 11 is 0. The zero-order chi connectivity index (χ0) is 23.9. The van der Waals surface area contributed by atoms with Crippen molar-refractivity contribution in [2.24, 2.45) is 0 Å². The van der Waals surface area contributed by atoms with Crippen molar-refractivity contribution in [2.75, 3.05) is 26.1 Å². The van der Waals surface area contributed by atoms with E-state index in [4.69, 9.17) is 9.47 Å². The summed E-state index contributed by atoms with van der Waals surface area (Å²) in [5, 5.41) is 2.67. The molecule has 0 saturated heterocycles. The summed E-state index contributed by atoms with van der Waals surface area (Å²) in [4.78, 5) is 23.9. The van der Waals surface area contributed by atoms with Gasteiger partial charge in [0.2, 0.25) is 10.0 Å². The first-order valence-corrected chi connectivity index (χ1v) is 11.3. The third-order valence-corrected chi connectivity index (χ3v) is 5.97. The Morgan fingerprint density at radius 1 is 1.06 bits per heavy atom. The van der Waals surface area contributed by atoms with E-state index in [1.165, 1.54) is 32.4 Å². The van der Waals surface area contributed by atoms with E-state index in [1.807, 2.05) is 12.1 Å². The average Bonchev–Trinajstić information content (AvgIpc) is 2.75. The SMILES string of the molecule is CNS(=O)(=O)c1cc(/C=C/C(=O)OCC(=O)Nc2ccc(C(C)(C)C)cc2)ccc1OC. The highest BCUT2D eigenvalue weighted by Crippen LogP contribution is 2.25. The Bertz CT molecular complexity index is 1100. The Morgan fingerprint density at radius 3 is 2.28 bits per heavy atom. The zero-order valence-corrected chi connectivity index (χ0v) is 19.6. The highest BCUT2D eigenvalue weighted by atomic mass is 32.2. The maximum atomic E-state index is 12.1. The number of hydrogen-bond donors (Lipinski definition) is 2. The lowest BCUT2D eigenvalue weighted by Gasteiger charge is -2.19. The third-order valence-electron chi connectivity index (χ3n) is 4.54. The van der Waals surface area contributed by atoms with E-state index < -0.39 is 28.5 Å². The predicted molar refractivity (Wildman–Crippen MR) is 123 cm³/mol. The van der Waals surface area contributed by atoms with Gasteiger partial charge in [0.05, 0.1) is 7.11 Å². The van der Waals surface area contributed by atoms with E-state index in [2.05, 4.69) is 30.8 Å². The Balaban J connectivity index is 1.95.